The first-order chi connectivity index (χ1) is 28.3. The molecule has 5 aromatic heterocycles. The molecule has 0 bridgehead atoms. The van der Waals surface area contributed by atoms with Crippen LogP contribution in [0.15, 0.2) is 200 Å². The summed E-state index contributed by atoms with van der Waals surface area (Å²) in [6.45, 7) is 0. The summed E-state index contributed by atoms with van der Waals surface area (Å²) in [6, 6.07) is 53.7. The molecule has 57 heavy (non-hydrogen) atoms. The van der Waals surface area contributed by atoms with Crippen molar-refractivity contribution in [3.8, 4) is 44.9 Å². The van der Waals surface area contributed by atoms with Crippen LogP contribution in [0.1, 0.15) is 12.0 Å². The molecule has 0 fully saturated rings. The lowest BCUT2D eigenvalue weighted by Gasteiger charge is -2.14. The van der Waals surface area contributed by atoms with E-state index in [1.165, 1.54) is 0 Å². The largest absolute Gasteiger partial charge is 0.308 e. The standard InChI is InChI=1S/C51H34N6/c1-2-19-44(52-27-8-1)40-17-5-3-15-38(40)34-23-25-46-42(31-34)50-48(21-11-29-54-50)56(46)36-13-10-14-37(33-36)57-47-26-24-35(32-43(47)51-49(57)22-12-30-55-51)39-16-4-6-18-41(39)45-20-7-9-28-53-45/h1-18,20-33H,19H2. The summed E-state index contributed by atoms with van der Waals surface area (Å²) in [5, 5.41) is 2.20. The molecule has 0 unspecified atom stereocenters. The minimum Gasteiger partial charge on any atom is -0.308 e. The van der Waals surface area contributed by atoms with Crippen LogP contribution in [0.2, 0.25) is 0 Å². The quantitative estimate of drug-likeness (QED) is 0.171. The number of hydrogen-bond acceptors (Lipinski definition) is 4. The molecular formula is C51H34N6. The highest BCUT2D eigenvalue weighted by Gasteiger charge is 2.19. The van der Waals surface area contributed by atoms with Gasteiger partial charge < -0.3 is 9.13 Å². The molecular weight excluding hydrogens is 697 g/mol. The molecule has 6 heterocycles. The topological polar surface area (TPSA) is 60.9 Å². The number of aliphatic imine (C=N–C) groups is 1. The van der Waals surface area contributed by atoms with E-state index in [0.29, 0.717) is 0 Å². The molecule has 268 valence electrons. The molecule has 0 amide bonds. The number of rotatable bonds is 6. The smallest absolute Gasteiger partial charge is 0.0963 e. The zero-order valence-electron chi connectivity index (χ0n) is 30.9. The van der Waals surface area contributed by atoms with Crippen LogP contribution in [0.4, 0.5) is 0 Å². The van der Waals surface area contributed by atoms with Gasteiger partial charge in [-0.05, 0) is 107 Å². The Morgan fingerprint density at radius 2 is 1.00 bits per heavy atom. The van der Waals surface area contributed by atoms with Gasteiger partial charge in [0.05, 0.1) is 44.5 Å². The first-order valence-electron chi connectivity index (χ1n) is 19.2. The van der Waals surface area contributed by atoms with Crippen molar-refractivity contribution in [3.63, 3.8) is 0 Å². The number of benzene rings is 5. The maximum atomic E-state index is 4.95. The van der Waals surface area contributed by atoms with E-state index < -0.39 is 0 Å². The van der Waals surface area contributed by atoms with Gasteiger partial charge in [0.15, 0.2) is 0 Å². The Hall–Kier alpha value is -7.70. The van der Waals surface area contributed by atoms with Gasteiger partial charge in [-0.3, -0.25) is 19.9 Å². The van der Waals surface area contributed by atoms with Gasteiger partial charge in [-0.25, -0.2) is 0 Å². The van der Waals surface area contributed by atoms with Crippen LogP contribution in [-0.2, 0) is 0 Å². The molecule has 0 spiro atoms. The summed E-state index contributed by atoms with van der Waals surface area (Å²) in [6.07, 6.45) is 14.5. The van der Waals surface area contributed by atoms with Gasteiger partial charge in [0.2, 0.25) is 0 Å². The van der Waals surface area contributed by atoms with E-state index in [1.807, 2.05) is 55.1 Å². The molecule has 0 saturated heterocycles. The highest BCUT2D eigenvalue weighted by Crippen LogP contribution is 2.39. The Bertz CT molecular complexity index is 3270. The fourth-order valence-corrected chi connectivity index (χ4v) is 8.47. The van der Waals surface area contributed by atoms with Crippen LogP contribution in [-0.4, -0.2) is 29.8 Å². The summed E-state index contributed by atoms with van der Waals surface area (Å²) < 4.78 is 4.66. The van der Waals surface area contributed by atoms with Gasteiger partial charge >= 0.3 is 0 Å². The van der Waals surface area contributed by atoms with Crippen LogP contribution >= 0.6 is 0 Å². The second-order valence-electron chi connectivity index (χ2n) is 14.3. The van der Waals surface area contributed by atoms with Crippen molar-refractivity contribution in [2.24, 2.45) is 4.99 Å². The Labute approximate surface area is 329 Å². The predicted octanol–water partition coefficient (Wildman–Crippen LogP) is 12.3. The van der Waals surface area contributed by atoms with Crippen LogP contribution in [0, 0.1) is 0 Å². The Morgan fingerprint density at radius 3 is 1.63 bits per heavy atom. The zero-order valence-corrected chi connectivity index (χ0v) is 30.9. The summed E-state index contributed by atoms with van der Waals surface area (Å²) in [4.78, 5) is 19.3. The Morgan fingerprint density at radius 1 is 0.421 bits per heavy atom. The van der Waals surface area contributed by atoms with Crippen molar-refractivity contribution in [3.05, 3.63) is 200 Å². The molecule has 0 saturated carbocycles. The number of aromatic nitrogens is 5. The van der Waals surface area contributed by atoms with E-state index in [-0.39, 0.29) is 0 Å². The van der Waals surface area contributed by atoms with E-state index in [9.17, 15) is 0 Å². The third-order valence-corrected chi connectivity index (χ3v) is 11.0. The van der Waals surface area contributed by atoms with Gasteiger partial charge in [-0.2, -0.15) is 0 Å². The van der Waals surface area contributed by atoms with Crippen molar-refractivity contribution in [1.29, 1.82) is 0 Å². The van der Waals surface area contributed by atoms with Crippen molar-refractivity contribution in [1.82, 2.24) is 24.1 Å². The summed E-state index contributed by atoms with van der Waals surface area (Å²) >= 11 is 0. The third-order valence-electron chi connectivity index (χ3n) is 11.0. The molecule has 6 nitrogen and oxygen atoms in total. The monoisotopic (exact) mass is 730 g/mol. The second kappa shape index (κ2) is 13.6. The van der Waals surface area contributed by atoms with E-state index in [0.717, 1.165) is 106 Å². The average Bonchev–Trinajstić information content (AvgIpc) is 3.64. The van der Waals surface area contributed by atoms with Crippen LogP contribution in [0.3, 0.4) is 0 Å². The number of hydrogen-bond donors (Lipinski definition) is 0. The summed E-state index contributed by atoms with van der Waals surface area (Å²) in [5.41, 5.74) is 17.1. The summed E-state index contributed by atoms with van der Waals surface area (Å²) in [7, 11) is 0. The van der Waals surface area contributed by atoms with E-state index in [4.69, 9.17) is 15.0 Å². The maximum absolute atomic E-state index is 4.95. The van der Waals surface area contributed by atoms with Gasteiger partial charge in [0.25, 0.3) is 0 Å². The van der Waals surface area contributed by atoms with Crippen LogP contribution in [0.5, 0.6) is 0 Å². The molecule has 0 aliphatic carbocycles. The SMILES string of the molecule is C1=CCC(c2ccccc2-c2ccc3c(c2)c2ncccc2n3-c2cccc(-n3c4ccc(-c5ccccc5-c5ccccn5)cc4c4ncccc43)c2)=NC=C1. The van der Waals surface area contributed by atoms with Gasteiger partial charge in [-0.15, -0.1) is 0 Å². The van der Waals surface area contributed by atoms with Gasteiger partial charge in [0, 0.05) is 64.5 Å². The Kier molecular flexibility index (Phi) is 7.78. The lowest BCUT2D eigenvalue weighted by molar-refractivity contribution is 1.13. The normalized spacial score (nSPS) is 12.8. The van der Waals surface area contributed by atoms with Crippen LogP contribution < -0.4 is 0 Å². The van der Waals surface area contributed by atoms with Gasteiger partial charge in [0.1, 0.15) is 0 Å². The molecule has 0 atom stereocenters. The first kappa shape index (κ1) is 32.7. The zero-order chi connectivity index (χ0) is 37.7. The van der Waals surface area contributed by atoms with E-state index in [1.54, 1.807) is 0 Å². The predicted molar refractivity (Wildman–Crippen MR) is 234 cm³/mol. The minimum absolute atomic E-state index is 0.784. The molecule has 6 heteroatoms. The minimum atomic E-state index is 0.784. The highest BCUT2D eigenvalue weighted by atomic mass is 15.0. The number of nitrogens with zero attached hydrogens (tertiary/aromatic N) is 6. The number of fused-ring (bicyclic) bond motifs is 6. The lowest BCUT2D eigenvalue weighted by atomic mass is 9.94. The fraction of sp³-hybridized carbons (Fsp3) is 0.0196. The number of allylic oxidation sites excluding steroid dienone is 3. The first-order valence-corrected chi connectivity index (χ1v) is 19.2. The van der Waals surface area contributed by atoms with Crippen molar-refractivity contribution >= 4 is 49.6 Å². The maximum Gasteiger partial charge on any atom is 0.0963 e. The molecule has 0 radical (unpaired) electrons. The Balaban J connectivity index is 1.06. The summed E-state index contributed by atoms with van der Waals surface area (Å²) in [5.74, 6) is 0. The molecule has 5 aromatic carbocycles. The highest BCUT2D eigenvalue weighted by molar-refractivity contribution is 6.12. The van der Waals surface area contributed by atoms with E-state index >= 15 is 0 Å². The average molecular weight is 731 g/mol. The van der Waals surface area contributed by atoms with Crippen molar-refractivity contribution < 1.29 is 0 Å². The fourth-order valence-electron chi connectivity index (χ4n) is 8.47. The molecule has 1 aliphatic rings. The molecule has 10 aromatic rings. The molecule has 0 N–H and O–H groups in total. The van der Waals surface area contributed by atoms with E-state index in [2.05, 4.69) is 154 Å². The third kappa shape index (κ3) is 5.49. The van der Waals surface area contributed by atoms with Crippen molar-refractivity contribution in [2.75, 3.05) is 0 Å². The second-order valence-corrected chi connectivity index (χ2v) is 14.3. The van der Waals surface area contributed by atoms with Crippen LogP contribution in [0.25, 0.3) is 88.8 Å². The number of pyridine rings is 3. The molecule has 11 rings (SSSR count). The van der Waals surface area contributed by atoms with Gasteiger partial charge in [-0.1, -0.05) is 84.9 Å². The molecule has 1 aliphatic heterocycles. The lowest BCUT2D eigenvalue weighted by Crippen LogP contribution is -2.01. The van der Waals surface area contributed by atoms with Crippen molar-refractivity contribution in [2.45, 2.75) is 6.42 Å².